The predicted octanol–water partition coefficient (Wildman–Crippen LogP) is 16.7. The molecule has 0 saturated carbocycles. The molecule has 0 rings (SSSR count). The second-order valence-corrected chi connectivity index (χ2v) is 17.1. The molecule has 60 heavy (non-hydrogen) atoms. The van der Waals surface area contributed by atoms with Crippen molar-refractivity contribution in [1.82, 2.24) is 0 Å². The van der Waals surface area contributed by atoms with Crippen LogP contribution in [0.4, 0.5) is 0 Å². The summed E-state index contributed by atoms with van der Waals surface area (Å²) in [6.45, 7) is 6.56. The van der Waals surface area contributed by atoms with Crippen molar-refractivity contribution >= 4 is 17.9 Å². The highest BCUT2D eigenvalue weighted by Gasteiger charge is 2.19. The van der Waals surface area contributed by atoms with Gasteiger partial charge >= 0.3 is 17.9 Å². The van der Waals surface area contributed by atoms with Crippen molar-refractivity contribution in [2.24, 2.45) is 0 Å². The normalized spacial score (nSPS) is 12.4. The van der Waals surface area contributed by atoms with Crippen molar-refractivity contribution in [2.45, 2.75) is 264 Å². The van der Waals surface area contributed by atoms with Crippen molar-refractivity contribution in [3.63, 3.8) is 0 Å². The molecule has 1 atom stereocenters. The molecule has 0 aliphatic carbocycles. The summed E-state index contributed by atoms with van der Waals surface area (Å²) in [6, 6.07) is 0. The summed E-state index contributed by atoms with van der Waals surface area (Å²) < 4.78 is 16.7. The van der Waals surface area contributed by atoms with Crippen LogP contribution < -0.4 is 0 Å². The van der Waals surface area contributed by atoms with E-state index in [1.54, 1.807) is 0 Å². The molecule has 0 saturated heterocycles. The summed E-state index contributed by atoms with van der Waals surface area (Å²) in [5, 5.41) is 0. The van der Waals surface area contributed by atoms with Crippen LogP contribution in [-0.4, -0.2) is 37.2 Å². The molecule has 6 heteroatoms. The van der Waals surface area contributed by atoms with Crippen LogP contribution in [0.1, 0.15) is 258 Å². The second kappa shape index (κ2) is 49.0. The second-order valence-electron chi connectivity index (χ2n) is 17.1. The van der Waals surface area contributed by atoms with Gasteiger partial charge in [0.05, 0.1) is 0 Å². The fourth-order valence-electron chi connectivity index (χ4n) is 7.15. The molecule has 0 aromatic rings. The lowest BCUT2D eigenvalue weighted by molar-refractivity contribution is -0.167. The molecule has 0 spiro atoms. The van der Waals surface area contributed by atoms with Crippen LogP contribution in [0.15, 0.2) is 48.6 Å². The molecular weight excluding hydrogens is 745 g/mol. The monoisotopic (exact) mass is 841 g/mol. The standard InChI is InChI=1S/C54H96O6/c1-4-7-10-13-16-19-22-25-27-29-32-35-38-41-44-47-53(56)59-50-51(49-58-52(55)46-43-40-37-34-31-24-21-18-15-12-9-6-3)60-54(57)48-45-42-39-36-33-30-28-26-23-20-17-14-11-8-5-2/h16,18-19,21,25,27,32,35,51H,4-15,17,20,22-24,26,28-31,33-34,36-50H2,1-3H3/b19-16-,21-18-,27-25-,35-32-/t51-/m1/s1. The minimum Gasteiger partial charge on any atom is -0.462 e. The largest absolute Gasteiger partial charge is 0.462 e. The Morgan fingerprint density at radius 3 is 1.02 bits per heavy atom. The fourth-order valence-corrected chi connectivity index (χ4v) is 7.15. The van der Waals surface area contributed by atoms with Crippen LogP contribution in [0, 0.1) is 0 Å². The number of rotatable bonds is 46. The molecule has 348 valence electrons. The van der Waals surface area contributed by atoms with Crippen molar-refractivity contribution in [3.05, 3.63) is 48.6 Å². The van der Waals surface area contributed by atoms with Gasteiger partial charge in [0.15, 0.2) is 6.10 Å². The van der Waals surface area contributed by atoms with Gasteiger partial charge in [-0.25, -0.2) is 0 Å². The summed E-state index contributed by atoms with van der Waals surface area (Å²) in [5.74, 6) is -0.928. The molecule has 0 amide bonds. The van der Waals surface area contributed by atoms with Crippen LogP contribution in [-0.2, 0) is 28.6 Å². The van der Waals surface area contributed by atoms with Crippen molar-refractivity contribution in [3.8, 4) is 0 Å². The van der Waals surface area contributed by atoms with E-state index in [1.807, 2.05) is 0 Å². The average molecular weight is 841 g/mol. The lowest BCUT2D eigenvalue weighted by Gasteiger charge is -2.18. The number of hydrogen-bond acceptors (Lipinski definition) is 6. The highest BCUT2D eigenvalue weighted by Crippen LogP contribution is 2.15. The molecule has 0 heterocycles. The maximum atomic E-state index is 12.8. The van der Waals surface area contributed by atoms with Gasteiger partial charge in [-0.3, -0.25) is 14.4 Å². The highest BCUT2D eigenvalue weighted by molar-refractivity contribution is 5.71. The van der Waals surface area contributed by atoms with Crippen molar-refractivity contribution in [2.75, 3.05) is 13.2 Å². The molecule has 0 aliphatic heterocycles. The van der Waals surface area contributed by atoms with Gasteiger partial charge in [0.25, 0.3) is 0 Å². The Morgan fingerprint density at radius 2 is 0.600 bits per heavy atom. The lowest BCUT2D eigenvalue weighted by atomic mass is 10.0. The zero-order valence-corrected chi connectivity index (χ0v) is 39.7. The van der Waals surface area contributed by atoms with E-state index in [1.165, 1.54) is 141 Å². The van der Waals surface area contributed by atoms with E-state index in [9.17, 15) is 14.4 Å². The summed E-state index contributed by atoms with van der Waals surface area (Å²) >= 11 is 0. The van der Waals surface area contributed by atoms with Gasteiger partial charge < -0.3 is 14.2 Å². The quantitative estimate of drug-likeness (QED) is 0.0263. The SMILES string of the molecule is CCCCC/C=C\C/C=C\C/C=C\CCCCC(=O)OC[C@@H](COC(=O)CCCCCCC/C=C\CCCCC)OC(=O)CCCCCCCCCCCCCCCCC. The van der Waals surface area contributed by atoms with Gasteiger partial charge in [-0.2, -0.15) is 0 Å². The Labute approximate surface area is 371 Å². The third kappa shape index (κ3) is 46.4. The first-order valence-electron chi connectivity index (χ1n) is 25.6. The summed E-state index contributed by atoms with van der Waals surface area (Å²) in [4.78, 5) is 37.9. The number of carbonyl (C=O) groups is 3. The first-order chi connectivity index (χ1) is 29.5. The van der Waals surface area contributed by atoms with Crippen LogP contribution >= 0.6 is 0 Å². The van der Waals surface area contributed by atoms with Gasteiger partial charge in [0, 0.05) is 19.3 Å². The summed E-state index contributed by atoms with van der Waals surface area (Å²) in [7, 11) is 0. The molecule has 0 aliphatic rings. The molecular formula is C54H96O6. The Bertz CT molecular complexity index is 1060. The molecule has 0 aromatic carbocycles. The third-order valence-electron chi connectivity index (χ3n) is 11.1. The van der Waals surface area contributed by atoms with Gasteiger partial charge in [-0.1, -0.05) is 204 Å². The number of unbranched alkanes of at least 4 members (excludes halogenated alkanes) is 27. The number of hydrogen-bond donors (Lipinski definition) is 0. The maximum Gasteiger partial charge on any atom is 0.306 e. The van der Waals surface area contributed by atoms with Gasteiger partial charge in [0.2, 0.25) is 0 Å². The topological polar surface area (TPSA) is 78.9 Å². The van der Waals surface area contributed by atoms with Crippen LogP contribution in [0.25, 0.3) is 0 Å². The first kappa shape index (κ1) is 57.4. The smallest absolute Gasteiger partial charge is 0.306 e. The molecule has 0 N–H and O–H groups in total. The lowest BCUT2D eigenvalue weighted by Crippen LogP contribution is -2.30. The molecule has 0 aromatic heterocycles. The fraction of sp³-hybridized carbons (Fsp3) is 0.796. The van der Waals surface area contributed by atoms with Crippen molar-refractivity contribution in [1.29, 1.82) is 0 Å². The van der Waals surface area contributed by atoms with Gasteiger partial charge in [-0.05, 0) is 83.5 Å². The average Bonchev–Trinajstić information content (AvgIpc) is 3.24. The number of allylic oxidation sites excluding steroid dienone is 8. The Hall–Kier alpha value is -2.63. The molecule has 0 bridgehead atoms. The predicted molar refractivity (Wildman–Crippen MR) is 256 cm³/mol. The van der Waals surface area contributed by atoms with Crippen LogP contribution in [0.2, 0.25) is 0 Å². The molecule has 0 fully saturated rings. The van der Waals surface area contributed by atoms with E-state index in [-0.39, 0.29) is 31.1 Å². The zero-order chi connectivity index (χ0) is 43.7. The summed E-state index contributed by atoms with van der Waals surface area (Å²) in [6.07, 6.45) is 58.0. The molecule has 6 nitrogen and oxygen atoms in total. The highest BCUT2D eigenvalue weighted by atomic mass is 16.6. The van der Waals surface area contributed by atoms with E-state index < -0.39 is 6.10 Å². The van der Waals surface area contributed by atoms with E-state index in [2.05, 4.69) is 69.4 Å². The summed E-state index contributed by atoms with van der Waals surface area (Å²) in [5.41, 5.74) is 0. The van der Waals surface area contributed by atoms with Gasteiger partial charge in [0.1, 0.15) is 13.2 Å². The van der Waals surface area contributed by atoms with E-state index in [4.69, 9.17) is 14.2 Å². The maximum absolute atomic E-state index is 12.8. The Morgan fingerprint density at radius 1 is 0.333 bits per heavy atom. The van der Waals surface area contributed by atoms with Crippen LogP contribution in [0.3, 0.4) is 0 Å². The first-order valence-corrected chi connectivity index (χ1v) is 25.6. The number of ether oxygens (including phenoxy) is 3. The van der Waals surface area contributed by atoms with E-state index >= 15 is 0 Å². The van der Waals surface area contributed by atoms with E-state index in [0.29, 0.717) is 19.3 Å². The van der Waals surface area contributed by atoms with E-state index in [0.717, 1.165) is 77.0 Å². The number of carbonyl (C=O) groups excluding carboxylic acids is 3. The minimum atomic E-state index is -0.788. The van der Waals surface area contributed by atoms with Gasteiger partial charge in [-0.15, -0.1) is 0 Å². The zero-order valence-electron chi connectivity index (χ0n) is 39.7. The minimum absolute atomic E-state index is 0.0875. The Kier molecular flexibility index (Phi) is 46.9. The Balaban J connectivity index is 4.42. The molecule has 0 unspecified atom stereocenters. The van der Waals surface area contributed by atoms with Crippen molar-refractivity contribution < 1.29 is 28.6 Å². The van der Waals surface area contributed by atoms with Crippen LogP contribution in [0.5, 0.6) is 0 Å². The molecule has 0 radical (unpaired) electrons. The third-order valence-corrected chi connectivity index (χ3v) is 11.1. The number of esters is 3.